The molecule has 4 nitrogen and oxygen atoms in total. The van der Waals surface area contributed by atoms with Crippen LogP contribution in [0.25, 0.3) is 0 Å². The van der Waals surface area contributed by atoms with E-state index in [2.05, 4.69) is 4.90 Å². The Labute approximate surface area is 83.8 Å². The Hall–Kier alpha value is -0.870. The summed E-state index contributed by atoms with van der Waals surface area (Å²) in [6.45, 7) is 3.81. The Morgan fingerprint density at radius 1 is 1.64 bits per heavy atom. The minimum absolute atomic E-state index is 0.248. The first-order valence-electron chi connectivity index (χ1n) is 4.90. The van der Waals surface area contributed by atoms with E-state index in [0.717, 1.165) is 19.4 Å². The number of hydrogen-bond acceptors (Lipinski definition) is 3. The molecule has 0 saturated carbocycles. The lowest BCUT2D eigenvalue weighted by atomic mass is 10.1. The molecule has 0 amide bonds. The fourth-order valence-corrected chi connectivity index (χ4v) is 1.55. The highest BCUT2D eigenvalue weighted by atomic mass is 16.4. The molecule has 0 bridgehead atoms. The van der Waals surface area contributed by atoms with Gasteiger partial charge in [0.1, 0.15) is 0 Å². The first kappa shape index (κ1) is 11.2. The van der Waals surface area contributed by atoms with Crippen molar-refractivity contribution in [1.82, 2.24) is 4.90 Å². The van der Waals surface area contributed by atoms with Crippen LogP contribution < -0.4 is 0 Å². The molecule has 1 aliphatic heterocycles. The quantitative estimate of drug-likeness (QED) is 0.649. The summed E-state index contributed by atoms with van der Waals surface area (Å²) >= 11 is 0. The van der Waals surface area contributed by atoms with Crippen molar-refractivity contribution in [2.75, 3.05) is 19.6 Å². The van der Waals surface area contributed by atoms with E-state index in [1.807, 2.05) is 0 Å². The maximum atomic E-state index is 10.5. The van der Waals surface area contributed by atoms with Crippen LogP contribution in [0.4, 0.5) is 0 Å². The average molecular weight is 199 g/mol. The lowest BCUT2D eigenvalue weighted by molar-refractivity contribution is -0.132. The number of rotatable bonds is 3. The van der Waals surface area contributed by atoms with Crippen LogP contribution in [-0.2, 0) is 4.79 Å². The fraction of sp³-hybridized carbons (Fsp3) is 0.700. The van der Waals surface area contributed by atoms with Crippen LogP contribution in [0.15, 0.2) is 11.6 Å². The molecular weight excluding hydrogens is 182 g/mol. The summed E-state index contributed by atoms with van der Waals surface area (Å²) in [5, 5.41) is 18.0. The predicted molar refractivity (Wildman–Crippen MR) is 53.1 cm³/mol. The number of likely N-dealkylation sites (tertiary alicyclic amines) is 1. The van der Waals surface area contributed by atoms with Crippen LogP contribution in [-0.4, -0.2) is 46.8 Å². The summed E-state index contributed by atoms with van der Waals surface area (Å²) in [5.74, 6) is -0.873. The molecule has 0 aromatic carbocycles. The molecule has 1 saturated heterocycles. The zero-order chi connectivity index (χ0) is 10.6. The van der Waals surface area contributed by atoms with Crippen molar-refractivity contribution in [3.63, 3.8) is 0 Å². The molecule has 1 aliphatic rings. The van der Waals surface area contributed by atoms with E-state index in [9.17, 15) is 9.90 Å². The number of piperidine rings is 1. The molecule has 1 heterocycles. The summed E-state index contributed by atoms with van der Waals surface area (Å²) in [7, 11) is 0. The van der Waals surface area contributed by atoms with Crippen molar-refractivity contribution in [2.45, 2.75) is 25.9 Å². The number of aliphatic hydroxyl groups is 1. The number of carbonyl (C=O) groups is 1. The molecule has 0 aliphatic carbocycles. The van der Waals surface area contributed by atoms with Crippen molar-refractivity contribution >= 4 is 5.97 Å². The Kier molecular flexibility index (Phi) is 4.10. The van der Waals surface area contributed by atoms with Gasteiger partial charge in [-0.2, -0.15) is 0 Å². The number of nitrogens with zero attached hydrogens (tertiary/aromatic N) is 1. The second-order valence-electron chi connectivity index (χ2n) is 3.75. The van der Waals surface area contributed by atoms with Crippen LogP contribution in [0.5, 0.6) is 0 Å². The van der Waals surface area contributed by atoms with Crippen molar-refractivity contribution in [3.8, 4) is 0 Å². The lowest BCUT2D eigenvalue weighted by Gasteiger charge is -2.28. The van der Waals surface area contributed by atoms with Gasteiger partial charge in [-0.1, -0.05) is 6.08 Å². The Balaban J connectivity index is 2.37. The fourth-order valence-electron chi connectivity index (χ4n) is 1.55. The Morgan fingerprint density at radius 3 is 2.93 bits per heavy atom. The van der Waals surface area contributed by atoms with Gasteiger partial charge >= 0.3 is 5.97 Å². The van der Waals surface area contributed by atoms with Gasteiger partial charge in [-0.05, 0) is 26.3 Å². The standard InChI is InChI=1S/C10H17NO3/c1-8(10(13)14)4-6-11-5-2-3-9(12)7-11/h4,9,12H,2-3,5-7H2,1H3,(H,13,14). The molecule has 2 N–H and O–H groups in total. The lowest BCUT2D eigenvalue weighted by Crippen LogP contribution is -2.38. The van der Waals surface area contributed by atoms with Crippen LogP contribution >= 0.6 is 0 Å². The Bertz CT molecular complexity index is 238. The third kappa shape index (κ3) is 3.47. The smallest absolute Gasteiger partial charge is 0.330 e. The van der Waals surface area contributed by atoms with Gasteiger partial charge in [0.05, 0.1) is 6.10 Å². The summed E-state index contributed by atoms with van der Waals surface area (Å²) in [5.41, 5.74) is 0.366. The molecular formula is C10H17NO3. The highest BCUT2D eigenvalue weighted by molar-refractivity contribution is 5.85. The monoisotopic (exact) mass is 199 g/mol. The molecule has 0 aromatic heterocycles. The van der Waals surface area contributed by atoms with Gasteiger partial charge in [-0.3, -0.25) is 4.90 Å². The van der Waals surface area contributed by atoms with E-state index in [1.165, 1.54) is 0 Å². The van der Waals surface area contributed by atoms with E-state index < -0.39 is 5.97 Å². The van der Waals surface area contributed by atoms with Crippen molar-refractivity contribution < 1.29 is 15.0 Å². The number of hydrogen-bond donors (Lipinski definition) is 2. The highest BCUT2D eigenvalue weighted by Crippen LogP contribution is 2.09. The third-order valence-corrected chi connectivity index (χ3v) is 2.47. The van der Waals surface area contributed by atoms with Gasteiger partial charge in [0.2, 0.25) is 0 Å². The largest absolute Gasteiger partial charge is 0.478 e. The first-order chi connectivity index (χ1) is 6.59. The van der Waals surface area contributed by atoms with Crippen LogP contribution in [0.1, 0.15) is 19.8 Å². The van der Waals surface area contributed by atoms with Gasteiger partial charge in [-0.25, -0.2) is 4.79 Å². The molecule has 1 fully saturated rings. The maximum absolute atomic E-state index is 10.5. The normalized spacial score (nSPS) is 25.0. The molecule has 0 aromatic rings. The minimum Gasteiger partial charge on any atom is -0.478 e. The molecule has 0 spiro atoms. The predicted octanol–water partition coefficient (Wildman–Crippen LogP) is 0.474. The van der Waals surface area contributed by atoms with Gasteiger partial charge in [-0.15, -0.1) is 0 Å². The molecule has 1 rings (SSSR count). The minimum atomic E-state index is -0.873. The molecule has 14 heavy (non-hydrogen) atoms. The number of aliphatic carboxylic acids is 1. The maximum Gasteiger partial charge on any atom is 0.330 e. The van der Waals surface area contributed by atoms with Crippen LogP contribution in [0.2, 0.25) is 0 Å². The number of β-amino-alcohol motifs (C(OH)–C–C–N with tert-alkyl or cyclic N) is 1. The second kappa shape index (κ2) is 5.12. The number of carboxylic acid groups (broad SMARTS) is 1. The van der Waals surface area contributed by atoms with Crippen molar-refractivity contribution in [3.05, 3.63) is 11.6 Å². The summed E-state index contributed by atoms with van der Waals surface area (Å²) in [4.78, 5) is 12.6. The molecule has 4 heteroatoms. The average Bonchev–Trinajstić information content (AvgIpc) is 2.14. The van der Waals surface area contributed by atoms with E-state index in [0.29, 0.717) is 18.7 Å². The van der Waals surface area contributed by atoms with Crippen LogP contribution in [0, 0.1) is 0 Å². The molecule has 80 valence electrons. The topological polar surface area (TPSA) is 60.8 Å². The van der Waals surface area contributed by atoms with Gasteiger partial charge < -0.3 is 10.2 Å². The van der Waals surface area contributed by atoms with Crippen LogP contribution in [0.3, 0.4) is 0 Å². The van der Waals surface area contributed by atoms with Gasteiger partial charge in [0, 0.05) is 18.7 Å². The van der Waals surface area contributed by atoms with E-state index >= 15 is 0 Å². The first-order valence-corrected chi connectivity index (χ1v) is 4.90. The highest BCUT2D eigenvalue weighted by Gasteiger charge is 2.16. The zero-order valence-corrected chi connectivity index (χ0v) is 8.44. The van der Waals surface area contributed by atoms with E-state index in [4.69, 9.17) is 5.11 Å². The number of carboxylic acids is 1. The Morgan fingerprint density at radius 2 is 2.36 bits per heavy atom. The van der Waals surface area contributed by atoms with E-state index in [1.54, 1.807) is 13.0 Å². The van der Waals surface area contributed by atoms with Crippen molar-refractivity contribution in [2.24, 2.45) is 0 Å². The van der Waals surface area contributed by atoms with Crippen molar-refractivity contribution in [1.29, 1.82) is 0 Å². The number of aliphatic hydroxyl groups excluding tert-OH is 1. The molecule has 0 radical (unpaired) electrons. The summed E-state index contributed by atoms with van der Waals surface area (Å²) in [6.07, 6.45) is 3.29. The third-order valence-electron chi connectivity index (χ3n) is 2.47. The van der Waals surface area contributed by atoms with E-state index in [-0.39, 0.29) is 6.10 Å². The van der Waals surface area contributed by atoms with Gasteiger partial charge in [0.15, 0.2) is 0 Å². The SMILES string of the molecule is CC(=CCN1CCCC(O)C1)C(=O)O. The van der Waals surface area contributed by atoms with Gasteiger partial charge in [0.25, 0.3) is 0 Å². The zero-order valence-electron chi connectivity index (χ0n) is 8.44. The summed E-state index contributed by atoms with van der Waals surface area (Å²) in [6, 6.07) is 0. The second-order valence-corrected chi connectivity index (χ2v) is 3.75. The molecule has 1 atom stereocenters. The molecule has 1 unspecified atom stereocenters. The summed E-state index contributed by atoms with van der Waals surface area (Å²) < 4.78 is 0.